The second kappa shape index (κ2) is 16.9. The molecule has 0 saturated heterocycles. The number of pyridine rings is 1. The minimum absolute atomic E-state index is 0.123. The third kappa shape index (κ3) is 6.73. The number of para-hydroxylation sites is 6. The average molecular weight is 986 g/mol. The van der Waals surface area contributed by atoms with Gasteiger partial charge < -0.3 is 9.14 Å². The fraction of sp³-hybridized carbons (Fsp3) is 0.0571. The average Bonchev–Trinajstić information content (AvgIpc) is 1.59. The lowest BCUT2D eigenvalue weighted by Gasteiger charge is -2.20. The number of rotatable bonds is 6. The van der Waals surface area contributed by atoms with Crippen molar-refractivity contribution in [2.75, 3.05) is 0 Å². The van der Waals surface area contributed by atoms with Gasteiger partial charge in [-0.1, -0.05) is 196 Å². The standard InChI is InChI=1S/C70H49N5O/c1-70(2,3)47-39-40-71-66(41-47)74-60-31-13-10-23-52(60)55-37-35-49(43-65(55)74)76-48-36-38-56-58-29-17-28-57-53-24-11-14-32-61(53)75(68(57)58)62-33-15-12-25-54(62)59-30-18-34-63-69(59)73(64(56)42-48)44-72(63)67-50(45-19-6-4-7-20-45)26-16-27-51(67)46-21-8-5-9-22-46/h4-43H,1-3H3/i4D,5D,6D,7D,8D,9D,19D,20D,21D,22D. The molecule has 6 heteroatoms. The minimum Gasteiger partial charge on any atom is -0.458 e. The van der Waals surface area contributed by atoms with Gasteiger partial charge in [-0.2, -0.15) is 0 Å². The predicted octanol–water partition coefficient (Wildman–Crippen LogP) is 17.5. The largest absolute Gasteiger partial charge is 0.458 e. The van der Waals surface area contributed by atoms with Crippen LogP contribution >= 0.6 is 0 Å². The van der Waals surface area contributed by atoms with Crippen LogP contribution in [0.15, 0.2) is 243 Å². The van der Waals surface area contributed by atoms with E-state index < -0.39 is 60.4 Å². The molecule has 10 aromatic carbocycles. The zero-order chi connectivity index (χ0) is 59.4. The van der Waals surface area contributed by atoms with Crippen LogP contribution in [-0.2, 0) is 5.41 Å². The summed E-state index contributed by atoms with van der Waals surface area (Å²) in [4.78, 5) is 4.92. The third-order valence-electron chi connectivity index (χ3n) is 14.8. The van der Waals surface area contributed by atoms with Crippen LogP contribution in [0, 0.1) is 6.33 Å². The lowest BCUT2D eigenvalue weighted by Crippen LogP contribution is -2.31. The van der Waals surface area contributed by atoms with Gasteiger partial charge in [0, 0.05) is 44.6 Å². The van der Waals surface area contributed by atoms with E-state index >= 15 is 0 Å². The summed E-state index contributed by atoms with van der Waals surface area (Å²) in [6, 6.07) is 52.9. The van der Waals surface area contributed by atoms with Gasteiger partial charge in [0.1, 0.15) is 17.3 Å². The number of nitrogens with zero attached hydrogens (tertiary/aromatic N) is 5. The second-order valence-corrected chi connectivity index (χ2v) is 20.2. The summed E-state index contributed by atoms with van der Waals surface area (Å²) in [5, 5.41) is 7.54. The van der Waals surface area contributed by atoms with E-state index in [4.69, 9.17) is 17.9 Å². The smallest absolute Gasteiger partial charge is 0.269 e. The van der Waals surface area contributed by atoms with Gasteiger partial charge in [0.2, 0.25) is 0 Å². The molecule has 0 aliphatic rings. The topological polar surface area (TPSA) is 39.8 Å². The van der Waals surface area contributed by atoms with Crippen LogP contribution < -0.4 is 9.30 Å². The monoisotopic (exact) mass is 985 g/mol. The number of benzene rings is 10. The number of aromatic nitrogens is 5. The van der Waals surface area contributed by atoms with E-state index in [1.165, 1.54) is 0 Å². The van der Waals surface area contributed by atoms with E-state index in [1.807, 2.05) is 83.4 Å². The van der Waals surface area contributed by atoms with Gasteiger partial charge in [0.25, 0.3) is 6.33 Å². The molecule has 0 unspecified atom stereocenters. The highest BCUT2D eigenvalue weighted by Gasteiger charge is 2.23. The molecule has 76 heavy (non-hydrogen) atoms. The molecule has 0 amide bonds. The van der Waals surface area contributed by atoms with Gasteiger partial charge >= 0.3 is 0 Å². The van der Waals surface area contributed by atoms with Gasteiger partial charge in [-0.3, -0.25) is 13.5 Å². The molecule has 15 aromatic rings. The highest BCUT2D eigenvalue weighted by atomic mass is 16.5. The lowest BCUT2D eigenvalue weighted by molar-refractivity contribution is -0.570. The Kier molecular flexibility index (Phi) is 7.69. The van der Waals surface area contributed by atoms with E-state index in [-0.39, 0.29) is 33.4 Å². The van der Waals surface area contributed by atoms with E-state index in [9.17, 15) is 5.48 Å². The van der Waals surface area contributed by atoms with Crippen molar-refractivity contribution in [3.05, 3.63) is 254 Å². The van der Waals surface area contributed by atoms with E-state index in [1.54, 1.807) is 22.8 Å². The highest BCUT2D eigenvalue weighted by Crippen LogP contribution is 2.41. The second-order valence-electron chi connectivity index (χ2n) is 20.2. The molecule has 0 aliphatic carbocycles. The van der Waals surface area contributed by atoms with E-state index in [0.717, 1.165) is 82.1 Å². The molecule has 0 spiro atoms. The Labute approximate surface area is 452 Å². The fourth-order valence-electron chi connectivity index (χ4n) is 11.4. The maximum Gasteiger partial charge on any atom is 0.269 e. The molecule has 360 valence electrons. The van der Waals surface area contributed by atoms with Crippen molar-refractivity contribution in [3.8, 4) is 45.3 Å². The Morgan fingerprint density at radius 1 is 0.474 bits per heavy atom. The molecule has 0 bridgehead atoms. The number of ether oxygens (including phenoxy) is 1. The number of fused-ring (bicyclic) bond motifs is 12. The van der Waals surface area contributed by atoms with Gasteiger partial charge in [0.15, 0.2) is 0 Å². The zero-order valence-electron chi connectivity index (χ0n) is 51.5. The van der Waals surface area contributed by atoms with Crippen molar-refractivity contribution in [1.82, 2.24) is 18.4 Å². The van der Waals surface area contributed by atoms with Crippen molar-refractivity contribution >= 4 is 87.2 Å². The lowest BCUT2D eigenvalue weighted by atomic mass is 9.88. The van der Waals surface area contributed by atoms with E-state index in [2.05, 4.69) is 121 Å². The SMILES string of the molecule is [2H]c1c([2H])c([2H])c(-c2cccc(-c3c([2H])c([2H])c([2H])c([2H])c3[2H])c2-[n+]2[c-]n3c4cc(Oc5ccc6c7ccccc7n(-c7cc(C(C)(C)C)ccn7)c6c5)ccc4c4cccc5c6ccccc6n(c6ccccc6c6cccc2c63)c45)c([2H])c1[2H]. The molecule has 0 radical (unpaired) electrons. The van der Waals surface area contributed by atoms with Crippen LogP contribution in [0.1, 0.15) is 40.0 Å². The summed E-state index contributed by atoms with van der Waals surface area (Å²) in [5.74, 6) is 1.84. The van der Waals surface area contributed by atoms with Gasteiger partial charge in [-0.15, -0.1) is 0 Å². The van der Waals surface area contributed by atoms with Gasteiger partial charge in [0.05, 0.1) is 63.5 Å². The molecule has 15 rings (SSSR count). The van der Waals surface area contributed by atoms with Crippen LogP contribution in [0.3, 0.4) is 0 Å². The summed E-state index contributed by atoms with van der Waals surface area (Å²) in [7, 11) is 0. The minimum atomic E-state index is -0.579. The van der Waals surface area contributed by atoms with Gasteiger partial charge in [-0.25, -0.2) is 4.98 Å². The molecular weight excluding hydrogens is 927 g/mol. The first-order valence-corrected chi connectivity index (χ1v) is 25.2. The first-order valence-electron chi connectivity index (χ1n) is 30.2. The molecule has 5 heterocycles. The number of imidazole rings is 1. The predicted molar refractivity (Wildman–Crippen MR) is 313 cm³/mol. The fourth-order valence-corrected chi connectivity index (χ4v) is 11.4. The zero-order valence-corrected chi connectivity index (χ0v) is 41.5. The van der Waals surface area contributed by atoms with Crippen molar-refractivity contribution in [3.63, 3.8) is 0 Å². The molecule has 0 atom stereocenters. The van der Waals surface area contributed by atoms with Crippen LogP contribution in [-0.4, -0.2) is 18.4 Å². The summed E-state index contributed by atoms with van der Waals surface area (Å²) >= 11 is 0. The van der Waals surface area contributed by atoms with Gasteiger partial charge in [-0.05, 0) is 98.6 Å². The van der Waals surface area contributed by atoms with Crippen LogP contribution in [0.2, 0.25) is 0 Å². The number of hydrogen-bond donors (Lipinski definition) is 0. The maximum absolute atomic E-state index is 9.38. The van der Waals surface area contributed by atoms with Crippen molar-refractivity contribution in [2.45, 2.75) is 26.2 Å². The first-order chi connectivity index (χ1) is 41.5. The Morgan fingerprint density at radius 3 is 1.59 bits per heavy atom. The van der Waals surface area contributed by atoms with E-state index in [0.29, 0.717) is 28.0 Å². The normalized spacial score (nSPS) is 14.0. The quantitative estimate of drug-likeness (QED) is 0.123. The summed E-state index contributed by atoms with van der Waals surface area (Å²) < 4.78 is 105. The first kappa shape index (κ1) is 34.6. The maximum atomic E-state index is 9.38. The Bertz CT molecular complexity index is 5380. The molecule has 6 nitrogen and oxygen atoms in total. The molecule has 0 saturated carbocycles. The summed E-state index contributed by atoms with van der Waals surface area (Å²) in [6.45, 7) is 6.57. The van der Waals surface area contributed by atoms with Crippen LogP contribution in [0.5, 0.6) is 11.5 Å². The summed E-state index contributed by atoms with van der Waals surface area (Å²) in [6.07, 6.45) is 5.60. The Morgan fingerprint density at radius 2 is 0.974 bits per heavy atom. The van der Waals surface area contributed by atoms with Crippen LogP contribution in [0.4, 0.5) is 0 Å². The Hall–Kier alpha value is -9.78. The molecule has 5 aromatic heterocycles. The number of hydrogen-bond acceptors (Lipinski definition) is 2. The molecule has 0 N–H and O–H groups in total. The Balaban J connectivity index is 1.10. The van der Waals surface area contributed by atoms with Crippen molar-refractivity contribution < 1.29 is 23.0 Å². The highest BCUT2D eigenvalue weighted by molar-refractivity contribution is 6.21. The summed E-state index contributed by atoms with van der Waals surface area (Å²) in [5.41, 5.74) is 7.73. The van der Waals surface area contributed by atoms with Crippen LogP contribution in [0.25, 0.3) is 121 Å². The third-order valence-corrected chi connectivity index (χ3v) is 14.8. The molecular formula is C70H49N5O. The molecule has 0 fully saturated rings. The van der Waals surface area contributed by atoms with Crippen molar-refractivity contribution in [2.24, 2.45) is 0 Å². The van der Waals surface area contributed by atoms with Crippen molar-refractivity contribution in [1.29, 1.82) is 0 Å². The molecule has 0 aliphatic heterocycles.